The lowest BCUT2D eigenvalue weighted by molar-refractivity contribution is 0.0667. The van der Waals surface area contributed by atoms with E-state index in [0.29, 0.717) is 6.17 Å². The van der Waals surface area contributed by atoms with Gasteiger partial charge in [0.15, 0.2) is 0 Å². The summed E-state index contributed by atoms with van der Waals surface area (Å²) in [7, 11) is 4.36. The Hall–Kier alpha value is -0.900. The van der Waals surface area contributed by atoms with Gasteiger partial charge in [0.25, 0.3) is 0 Å². The maximum Gasteiger partial charge on any atom is 0.0884 e. The van der Waals surface area contributed by atoms with E-state index in [0.717, 1.165) is 26.2 Å². The highest BCUT2D eigenvalue weighted by atomic mass is 15.3. The van der Waals surface area contributed by atoms with Gasteiger partial charge in [-0.1, -0.05) is 12.1 Å². The molecule has 3 nitrogen and oxygen atoms in total. The molecule has 2 rings (SSSR count). The highest BCUT2D eigenvalue weighted by Crippen LogP contribution is 2.28. The first kappa shape index (κ1) is 14.5. The lowest BCUT2D eigenvalue weighted by Crippen LogP contribution is -2.48. The van der Waals surface area contributed by atoms with Crippen LogP contribution in [-0.2, 0) is 0 Å². The van der Waals surface area contributed by atoms with Gasteiger partial charge < -0.3 is 5.32 Å². The SMILES string of the molecule is Cc1ccc(C(N(C)C)N2CCNCC2)c(C)c1C. The summed E-state index contributed by atoms with van der Waals surface area (Å²) >= 11 is 0. The summed E-state index contributed by atoms with van der Waals surface area (Å²) in [6.45, 7) is 11.1. The fourth-order valence-corrected chi connectivity index (χ4v) is 2.98. The number of nitrogens with one attached hydrogen (secondary N) is 1. The Morgan fingerprint density at radius 3 is 2.26 bits per heavy atom. The monoisotopic (exact) mass is 261 g/mol. The molecule has 0 amide bonds. The van der Waals surface area contributed by atoms with E-state index in [1.165, 1.54) is 22.3 Å². The molecule has 0 aliphatic carbocycles. The van der Waals surface area contributed by atoms with Gasteiger partial charge in [-0.15, -0.1) is 0 Å². The smallest absolute Gasteiger partial charge is 0.0884 e. The van der Waals surface area contributed by atoms with Crippen molar-refractivity contribution in [2.24, 2.45) is 0 Å². The summed E-state index contributed by atoms with van der Waals surface area (Å²) in [4.78, 5) is 4.91. The summed E-state index contributed by atoms with van der Waals surface area (Å²) < 4.78 is 0. The van der Waals surface area contributed by atoms with Crippen LogP contribution in [-0.4, -0.2) is 50.1 Å². The van der Waals surface area contributed by atoms with Crippen LogP contribution < -0.4 is 5.32 Å². The predicted octanol–water partition coefficient (Wildman–Crippen LogP) is 2.08. The van der Waals surface area contributed by atoms with Crippen molar-refractivity contribution in [2.45, 2.75) is 26.9 Å². The van der Waals surface area contributed by atoms with Crippen LogP contribution in [0.25, 0.3) is 0 Å². The van der Waals surface area contributed by atoms with E-state index < -0.39 is 0 Å². The highest BCUT2D eigenvalue weighted by molar-refractivity contribution is 5.40. The van der Waals surface area contributed by atoms with Gasteiger partial charge in [0.1, 0.15) is 0 Å². The maximum atomic E-state index is 3.43. The van der Waals surface area contributed by atoms with Gasteiger partial charge >= 0.3 is 0 Å². The Morgan fingerprint density at radius 1 is 1.05 bits per heavy atom. The molecule has 0 bridgehead atoms. The molecule has 0 aromatic heterocycles. The van der Waals surface area contributed by atoms with Gasteiger partial charge in [-0.2, -0.15) is 0 Å². The fourth-order valence-electron chi connectivity index (χ4n) is 2.98. The molecule has 1 aromatic carbocycles. The van der Waals surface area contributed by atoms with Crippen LogP contribution in [0.2, 0.25) is 0 Å². The molecule has 3 heteroatoms. The third kappa shape index (κ3) is 2.99. The largest absolute Gasteiger partial charge is 0.314 e. The van der Waals surface area contributed by atoms with Crippen LogP contribution in [0.3, 0.4) is 0 Å². The number of hydrogen-bond donors (Lipinski definition) is 1. The molecule has 19 heavy (non-hydrogen) atoms. The summed E-state index contributed by atoms with van der Waals surface area (Å²) in [5.41, 5.74) is 5.71. The van der Waals surface area contributed by atoms with Gasteiger partial charge in [-0.3, -0.25) is 9.80 Å². The molecule has 0 saturated carbocycles. The Kier molecular flexibility index (Phi) is 4.61. The van der Waals surface area contributed by atoms with Crippen LogP contribution >= 0.6 is 0 Å². The fraction of sp³-hybridized carbons (Fsp3) is 0.625. The molecular weight excluding hydrogens is 234 g/mol. The van der Waals surface area contributed by atoms with Crippen LogP contribution in [0.1, 0.15) is 28.4 Å². The van der Waals surface area contributed by atoms with E-state index in [2.05, 4.69) is 62.1 Å². The molecule has 1 saturated heterocycles. The third-order valence-electron chi connectivity index (χ3n) is 4.36. The molecule has 1 N–H and O–H groups in total. The third-order valence-corrected chi connectivity index (χ3v) is 4.36. The second kappa shape index (κ2) is 6.04. The van der Waals surface area contributed by atoms with Crippen molar-refractivity contribution in [3.63, 3.8) is 0 Å². The highest BCUT2D eigenvalue weighted by Gasteiger charge is 2.25. The summed E-state index contributed by atoms with van der Waals surface area (Å²) in [5.74, 6) is 0. The Balaban J connectivity index is 2.36. The van der Waals surface area contributed by atoms with Crippen LogP contribution in [0.15, 0.2) is 12.1 Å². The van der Waals surface area contributed by atoms with Gasteiger partial charge in [0.2, 0.25) is 0 Å². The number of piperazine rings is 1. The minimum atomic E-state index is 0.390. The molecule has 0 spiro atoms. The van der Waals surface area contributed by atoms with Crippen molar-refractivity contribution in [3.05, 3.63) is 34.4 Å². The molecule has 1 aliphatic heterocycles. The molecule has 1 unspecified atom stereocenters. The molecule has 1 aliphatic rings. The zero-order valence-corrected chi connectivity index (χ0v) is 13.0. The normalized spacial score (nSPS) is 18.8. The van der Waals surface area contributed by atoms with E-state index in [4.69, 9.17) is 0 Å². The number of hydrogen-bond acceptors (Lipinski definition) is 3. The van der Waals surface area contributed by atoms with Crippen molar-refractivity contribution in [1.82, 2.24) is 15.1 Å². The zero-order valence-electron chi connectivity index (χ0n) is 13.0. The Labute approximate surface area is 117 Å². The topological polar surface area (TPSA) is 18.5 Å². The number of rotatable bonds is 3. The van der Waals surface area contributed by atoms with E-state index in [9.17, 15) is 0 Å². The minimum absolute atomic E-state index is 0.390. The van der Waals surface area contributed by atoms with Crippen molar-refractivity contribution < 1.29 is 0 Å². The molecule has 1 heterocycles. The first-order chi connectivity index (χ1) is 9.02. The van der Waals surface area contributed by atoms with E-state index in [1.807, 2.05) is 0 Å². The number of benzene rings is 1. The van der Waals surface area contributed by atoms with Crippen LogP contribution in [0.5, 0.6) is 0 Å². The number of aryl methyl sites for hydroxylation is 1. The molecule has 1 fully saturated rings. The first-order valence-corrected chi connectivity index (χ1v) is 7.20. The van der Waals surface area contributed by atoms with Gasteiger partial charge in [0, 0.05) is 26.2 Å². The average Bonchev–Trinajstić information content (AvgIpc) is 2.40. The summed E-state index contributed by atoms with van der Waals surface area (Å²) in [6.07, 6.45) is 0.390. The second-order valence-corrected chi connectivity index (χ2v) is 5.84. The van der Waals surface area contributed by atoms with Crippen LogP contribution in [0.4, 0.5) is 0 Å². The van der Waals surface area contributed by atoms with Gasteiger partial charge in [-0.05, 0) is 57.1 Å². The van der Waals surface area contributed by atoms with Crippen molar-refractivity contribution >= 4 is 0 Å². The molecular formula is C16H27N3. The molecule has 0 radical (unpaired) electrons. The maximum absolute atomic E-state index is 3.43. The standard InChI is InChI=1S/C16H27N3/c1-12-6-7-15(14(3)13(12)2)16(18(4)5)19-10-8-17-9-11-19/h6-7,16-17H,8-11H2,1-5H3. The van der Waals surface area contributed by atoms with Gasteiger partial charge in [0.05, 0.1) is 6.17 Å². The van der Waals surface area contributed by atoms with Crippen molar-refractivity contribution in [3.8, 4) is 0 Å². The molecule has 106 valence electrons. The predicted molar refractivity (Wildman–Crippen MR) is 81.5 cm³/mol. The lowest BCUT2D eigenvalue weighted by Gasteiger charge is -2.39. The second-order valence-electron chi connectivity index (χ2n) is 5.84. The quantitative estimate of drug-likeness (QED) is 0.899. The first-order valence-electron chi connectivity index (χ1n) is 7.20. The Bertz CT molecular complexity index is 434. The molecule has 1 atom stereocenters. The average molecular weight is 261 g/mol. The lowest BCUT2D eigenvalue weighted by atomic mass is 9.96. The minimum Gasteiger partial charge on any atom is -0.314 e. The van der Waals surface area contributed by atoms with Crippen molar-refractivity contribution in [2.75, 3.05) is 40.3 Å². The number of nitrogens with zero attached hydrogens (tertiary/aromatic N) is 2. The van der Waals surface area contributed by atoms with E-state index >= 15 is 0 Å². The van der Waals surface area contributed by atoms with Crippen LogP contribution in [0, 0.1) is 20.8 Å². The van der Waals surface area contributed by atoms with Crippen molar-refractivity contribution in [1.29, 1.82) is 0 Å². The summed E-state index contributed by atoms with van der Waals surface area (Å²) in [6, 6.07) is 4.57. The van der Waals surface area contributed by atoms with Gasteiger partial charge in [-0.25, -0.2) is 0 Å². The Morgan fingerprint density at radius 2 is 1.68 bits per heavy atom. The summed E-state index contributed by atoms with van der Waals surface area (Å²) in [5, 5.41) is 3.43. The zero-order chi connectivity index (χ0) is 14.0. The van der Waals surface area contributed by atoms with E-state index in [-0.39, 0.29) is 0 Å². The molecule has 1 aromatic rings. The van der Waals surface area contributed by atoms with E-state index in [1.54, 1.807) is 0 Å².